The van der Waals surface area contributed by atoms with Crippen molar-refractivity contribution in [2.45, 2.75) is 76.8 Å². The van der Waals surface area contributed by atoms with Gasteiger partial charge in [0.05, 0.1) is 0 Å². The highest BCUT2D eigenvalue weighted by Crippen LogP contribution is 2.25. The van der Waals surface area contributed by atoms with E-state index in [9.17, 15) is 9.59 Å². The SMILES string of the molecule is CC1CCCCCN1C(=O)N1CCCCC1CCC(=O)O. The summed E-state index contributed by atoms with van der Waals surface area (Å²) in [4.78, 5) is 27.7. The fourth-order valence-electron chi connectivity index (χ4n) is 3.57. The first-order chi connectivity index (χ1) is 10.1. The molecule has 2 saturated heterocycles. The Balaban J connectivity index is 2.01. The van der Waals surface area contributed by atoms with E-state index >= 15 is 0 Å². The molecular formula is C16H28N2O3. The van der Waals surface area contributed by atoms with Crippen molar-refractivity contribution in [2.24, 2.45) is 0 Å². The van der Waals surface area contributed by atoms with Gasteiger partial charge >= 0.3 is 12.0 Å². The molecule has 0 bridgehead atoms. The van der Waals surface area contributed by atoms with Crippen molar-refractivity contribution >= 4 is 12.0 Å². The normalized spacial score (nSPS) is 27.3. The van der Waals surface area contributed by atoms with Crippen LogP contribution in [0.4, 0.5) is 4.79 Å². The van der Waals surface area contributed by atoms with E-state index in [2.05, 4.69) is 6.92 Å². The lowest BCUT2D eigenvalue weighted by Gasteiger charge is -2.40. The summed E-state index contributed by atoms with van der Waals surface area (Å²) in [6.45, 7) is 3.77. The second kappa shape index (κ2) is 7.66. The highest BCUT2D eigenvalue weighted by molar-refractivity contribution is 5.75. The van der Waals surface area contributed by atoms with Gasteiger partial charge in [0, 0.05) is 31.6 Å². The molecule has 1 N–H and O–H groups in total. The van der Waals surface area contributed by atoms with Crippen LogP contribution in [0.15, 0.2) is 0 Å². The summed E-state index contributed by atoms with van der Waals surface area (Å²) in [7, 11) is 0. The Morgan fingerprint density at radius 1 is 1.00 bits per heavy atom. The molecule has 0 aromatic carbocycles. The molecule has 5 nitrogen and oxygen atoms in total. The highest BCUT2D eigenvalue weighted by Gasteiger charge is 2.32. The summed E-state index contributed by atoms with van der Waals surface area (Å²) in [5.41, 5.74) is 0. The van der Waals surface area contributed by atoms with Crippen molar-refractivity contribution < 1.29 is 14.7 Å². The number of piperidine rings is 1. The summed E-state index contributed by atoms with van der Waals surface area (Å²) in [5, 5.41) is 8.88. The third-order valence-electron chi connectivity index (χ3n) is 4.86. The molecular weight excluding hydrogens is 268 g/mol. The zero-order valence-electron chi connectivity index (χ0n) is 13.1. The highest BCUT2D eigenvalue weighted by atomic mass is 16.4. The molecule has 2 rings (SSSR count). The molecule has 5 heteroatoms. The largest absolute Gasteiger partial charge is 0.481 e. The summed E-state index contributed by atoms with van der Waals surface area (Å²) >= 11 is 0. The van der Waals surface area contributed by atoms with Gasteiger partial charge in [0.2, 0.25) is 0 Å². The lowest BCUT2D eigenvalue weighted by Crippen LogP contribution is -2.52. The third-order valence-corrected chi connectivity index (χ3v) is 4.86. The Labute approximate surface area is 127 Å². The number of carboxylic acids is 1. The second-order valence-corrected chi connectivity index (χ2v) is 6.45. The predicted molar refractivity (Wildman–Crippen MR) is 81.2 cm³/mol. The number of carbonyl (C=O) groups is 2. The Bertz CT molecular complexity index is 373. The van der Waals surface area contributed by atoms with Gasteiger partial charge in [0.1, 0.15) is 0 Å². The zero-order chi connectivity index (χ0) is 15.2. The van der Waals surface area contributed by atoms with Crippen LogP contribution in [0, 0.1) is 0 Å². The molecule has 120 valence electrons. The van der Waals surface area contributed by atoms with Crippen LogP contribution in [0.5, 0.6) is 0 Å². The summed E-state index contributed by atoms with van der Waals surface area (Å²) in [6, 6.07) is 0.555. The number of aliphatic carboxylic acids is 1. The van der Waals surface area contributed by atoms with Crippen LogP contribution < -0.4 is 0 Å². The molecule has 0 spiro atoms. The minimum Gasteiger partial charge on any atom is -0.481 e. The standard InChI is InChI=1S/C16H28N2O3/c1-13-7-3-2-5-11-17(13)16(21)18-12-6-4-8-14(18)9-10-15(19)20/h13-14H,2-12H2,1H3,(H,19,20). The van der Waals surface area contributed by atoms with Crippen molar-refractivity contribution in [2.75, 3.05) is 13.1 Å². The number of likely N-dealkylation sites (tertiary alicyclic amines) is 2. The lowest BCUT2D eigenvalue weighted by atomic mass is 9.98. The number of hydrogen-bond donors (Lipinski definition) is 1. The van der Waals surface area contributed by atoms with Gasteiger partial charge in [0.15, 0.2) is 0 Å². The number of amides is 2. The molecule has 0 aliphatic carbocycles. The maximum Gasteiger partial charge on any atom is 0.320 e. The molecule has 21 heavy (non-hydrogen) atoms. The van der Waals surface area contributed by atoms with Crippen LogP contribution in [0.1, 0.15) is 64.7 Å². The third kappa shape index (κ3) is 4.35. The van der Waals surface area contributed by atoms with Crippen molar-refractivity contribution in [1.82, 2.24) is 9.80 Å². The molecule has 2 atom stereocenters. The number of nitrogens with zero attached hydrogens (tertiary/aromatic N) is 2. The molecule has 0 aromatic heterocycles. The number of urea groups is 1. The second-order valence-electron chi connectivity index (χ2n) is 6.45. The molecule has 2 unspecified atom stereocenters. The van der Waals surface area contributed by atoms with Crippen molar-refractivity contribution in [3.63, 3.8) is 0 Å². The van der Waals surface area contributed by atoms with Gasteiger partial charge in [-0.25, -0.2) is 4.79 Å². The molecule has 2 heterocycles. The van der Waals surface area contributed by atoms with Crippen molar-refractivity contribution in [1.29, 1.82) is 0 Å². The number of carboxylic acid groups (broad SMARTS) is 1. The maximum atomic E-state index is 12.9. The molecule has 2 aliphatic heterocycles. The Morgan fingerprint density at radius 2 is 1.67 bits per heavy atom. The van der Waals surface area contributed by atoms with Gasteiger partial charge in [-0.1, -0.05) is 12.8 Å². The summed E-state index contributed by atoms with van der Waals surface area (Å²) in [6.07, 6.45) is 8.41. The van der Waals surface area contributed by atoms with E-state index in [0.29, 0.717) is 12.5 Å². The van der Waals surface area contributed by atoms with Gasteiger partial charge in [-0.3, -0.25) is 4.79 Å². The lowest BCUT2D eigenvalue weighted by molar-refractivity contribution is -0.137. The molecule has 2 fully saturated rings. The van der Waals surface area contributed by atoms with Gasteiger partial charge in [-0.15, -0.1) is 0 Å². The Kier molecular flexibility index (Phi) is 5.88. The first-order valence-corrected chi connectivity index (χ1v) is 8.38. The summed E-state index contributed by atoms with van der Waals surface area (Å²) in [5.74, 6) is -0.767. The first kappa shape index (κ1) is 16.1. The minimum absolute atomic E-state index is 0.109. The van der Waals surface area contributed by atoms with Crippen LogP contribution in [-0.4, -0.2) is 52.1 Å². The van der Waals surface area contributed by atoms with Crippen LogP contribution in [0.2, 0.25) is 0 Å². The average molecular weight is 296 g/mol. The number of rotatable bonds is 3. The van der Waals surface area contributed by atoms with E-state index in [1.165, 1.54) is 12.8 Å². The summed E-state index contributed by atoms with van der Waals surface area (Å²) < 4.78 is 0. The Hall–Kier alpha value is -1.26. The number of hydrogen-bond acceptors (Lipinski definition) is 2. The van der Waals surface area contributed by atoms with Crippen molar-refractivity contribution in [3.8, 4) is 0 Å². The fourth-order valence-corrected chi connectivity index (χ4v) is 3.57. The molecule has 2 aliphatic rings. The minimum atomic E-state index is -0.767. The maximum absolute atomic E-state index is 12.9. The van der Waals surface area contributed by atoms with Crippen molar-refractivity contribution in [3.05, 3.63) is 0 Å². The predicted octanol–water partition coefficient (Wildman–Crippen LogP) is 3.09. The van der Waals surface area contributed by atoms with E-state index in [4.69, 9.17) is 5.11 Å². The van der Waals surface area contributed by atoms with E-state index in [1.54, 1.807) is 0 Å². The van der Waals surface area contributed by atoms with E-state index in [-0.39, 0.29) is 18.5 Å². The Morgan fingerprint density at radius 3 is 2.43 bits per heavy atom. The molecule has 2 amide bonds. The van der Waals surface area contributed by atoms with Gasteiger partial charge in [0.25, 0.3) is 0 Å². The van der Waals surface area contributed by atoms with Gasteiger partial charge < -0.3 is 14.9 Å². The number of carbonyl (C=O) groups excluding carboxylic acids is 1. The fraction of sp³-hybridized carbons (Fsp3) is 0.875. The van der Waals surface area contributed by atoms with Crippen LogP contribution in [0.3, 0.4) is 0 Å². The molecule has 0 aromatic rings. The van der Waals surface area contributed by atoms with E-state index in [0.717, 1.165) is 45.2 Å². The molecule has 0 saturated carbocycles. The quantitative estimate of drug-likeness (QED) is 0.870. The van der Waals surface area contributed by atoms with Crippen LogP contribution in [0.25, 0.3) is 0 Å². The first-order valence-electron chi connectivity index (χ1n) is 8.38. The topological polar surface area (TPSA) is 60.9 Å². The van der Waals surface area contributed by atoms with E-state index < -0.39 is 5.97 Å². The van der Waals surface area contributed by atoms with Gasteiger partial charge in [-0.2, -0.15) is 0 Å². The smallest absolute Gasteiger partial charge is 0.320 e. The monoisotopic (exact) mass is 296 g/mol. The van der Waals surface area contributed by atoms with E-state index in [1.807, 2.05) is 9.80 Å². The van der Waals surface area contributed by atoms with Gasteiger partial charge in [-0.05, 0) is 45.4 Å². The zero-order valence-corrected chi connectivity index (χ0v) is 13.1. The molecule has 0 radical (unpaired) electrons. The average Bonchev–Trinajstić information content (AvgIpc) is 2.69. The van der Waals surface area contributed by atoms with Crippen LogP contribution >= 0.6 is 0 Å². The van der Waals surface area contributed by atoms with Crippen LogP contribution in [-0.2, 0) is 4.79 Å².